The summed E-state index contributed by atoms with van der Waals surface area (Å²) < 4.78 is 11.3. The van der Waals surface area contributed by atoms with Crippen molar-refractivity contribution in [2.75, 3.05) is 13.1 Å². The highest BCUT2D eigenvalue weighted by Crippen LogP contribution is 2.43. The van der Waals surface area contributed by atoms with Gasteiger partial charge in [-0.3, -0.25) is 0 Å². The first-order chi connectivity index (χ1) is 9.38. The predicted octanol–water partition coefficient (Wildman–Crippen LogP) is 1.65. The molecule has 104 valence electrons. The van der Waals surface area contributed by atoms with Crippen LogP contribution in [-0.4, -0.2) is 35.4 Å². The lowest BCUT2D eigenvalue weighted by molar-refractivity contribution is 0.0996. The number of hydrogen-bond donors (Lipinski definition) is 1. The zero-order valence-corrected chi connectivity index (χ0v) is 11.2. The van der Waals surface area contributed by atoms with Crippen LogP contribution in [0, 0.1) is 5.92 Å². The molecule has 2 bridgehead atoms. The zero-order chi connectivity index (χ0) is 12.7. The second-order valence-electron chi connectivity index (χ2n) is 6.16. The maximum atomic E-state index is 5.86. The van der Waals surface area contributed by atoms with Gasteiger partial charge in [0.05, 0.1) is 18.1 Å². The summed E-state index contributed by atoms with van der Waals surface area (Å²) in [4.78, 5) is 4.59. The van der Waals surface area contributed by atoms with Gasteiger partial charge in [0, 0.05) is 6.42 Å². The maximum Gasteiger partial charge on any atom is 0.226 e. The van der Waals surface area contributed by atoms with E-state index in [1.807, 2.05) is 0 Å². The van der Waals surface area contributed by atoms with Gasteiger partial charge in [-0.25, -0.2) is 0 Å². The largest absolute Gasteiger partial charge is 0.374 e. The topological polar surface area (TPSA) is 60.2 Å². The Kier molecular flexibility index (Phi) is 3.04. The van der Waals surface area contributed by atoms with Gasteiger partial charge < -0.3 is 14.6 Å². The van der Waals surface area contributed by atoms with Crippen LogP contribution in [-0.2, 0) is 11.2 Å². The zero-order valence-electron chi connectivity index (χ0n) is 11.2. The van der Waals surface area contributed by atoms with Crippen molar-refractivity contribution in [3.05, 3.63) is 11.7 Å². The number of hydrogen-bond acceptors (Lipinski definition) is 5. The molecule has 4 rings (SSSR count). The number of fused-ring (bicyclic) bond motifs is 2. The van der Waals surface area contributed by atoms with Crippen LogP contribution >= 0.6 is 0 Å². The molecule has 3 fully saturated rings. The average Bonchev–Trinajstić information content (AvgIpc) is 3.19. The Bertz CT molecular complexity index is 442. The van der Waals surface area contributed by atoms with Gasteiger partial charge in [-0.1, -0.05) is 5.16 Å². The normalized spacial score (nSPS) is 37.3. The lowest BCUT2D eigenvalue weighted by Crippen LogP contribution is -2.15. The Morgan fingerprint density at radius 2 is 2.26 bits per heavy atom. The van der Waals surface area contributed by atoms with Gasteiger partial charge >= 0.3 is 0 Å². The molecule has 1 aromatic rings. The van der Waals surface area contributed by atoms with Crippen molar-refractivity contribution in [3.8, 4) is 0 Å². The van der Waals surface area contributed by atoms with E-state index in [1.165, 1.54) is 12.8 Å². The SMILES string of the molecule is C1CC(CCc2nc(C3CC4CCC3O4)no2)CN1. The molecule has 4 heterocycles. The van der Waals surface area contributed by atoms with Crippen LogP contribution < -0.4 is 5.32 Å². The van der Waals surface area contributed by atoms with Crippen LogP contribution in [0.2, 0.25) is 0 Å². The summed E-state index contributed by atoms with van der Waals surface area (Å²) >= 11 is 0. The van der Waals surface area contributed by atoms with Gasteiger partial charge in [-0.05, 0) is 51.1 Å². The van der Waals surface area contributed by atoms with Crippen molar-refractivity contribution >= 4 is 0 Å². The summed E-state index contributed by atoms with van der Waals surface area (Å²) in [6, 6.07) is 0. The van der Waals surface area contributed by atoms with E-state index in [-0.39, 0.29) is 0 Å². The molecule has 5 nitrogen and oxygen atoms in total. The van der Waals surface area contributed by atoms with Crippen molar-refractivity contribution in [1.29, 1.82) is 0 Å². The number of aromatic nitrogens is 2. The third-order valence-corrected chi connectivity index (χ3v) is 4.85. The second kappa shape index (κ2) is 4.87. The van der Waals surface area contributed by atoms with Crippen LogP contribution in [0.1, 0.15) is 49.7 Å². The lowest BCUT2D eigenvalue weighted by Gasteiger charge is -2.13. The Hall–Kier alpha value is -0.940. The molecule has 0 radical (unpaired) electrons. The third-order valence-electron chi connectivity index (χ3n) is 4.85. The van der Waals surface area contributed by atoms with E-state index in [4.69, 9.17) is 9.26 Å². The summed E-state index contributed by atoms with van der Waals surface area (Å²) in [7, 11) is 0. The number of aryl methyl sites for hydroxylation is 1. The minimum absolute atomic E-state index is 0.342. The van der Waals surface area contributed by atoms with Crippen LogP contribution in [0.25, 0.3) is 0 Å². The maximum absolute atomic E-state index is 5.86. The number of ether oxygens (including phenoxy) is 1. The summed E-state index contributed by atoms with van der Waals surface area (Å²) in [5.41, 5.74) is 0. The highest BCUT2D eigenvalue weighted by Gasteiger charge is 2.43. The molecule has 4 unspecified atom stereocenters. The fraction of sp³-hybridized carbons (Fsp3) is 0.857. The average molecular weight is 263 g/mol. The second-order valence-corrected chi connectivity index (χ2v) is 6.16. The van der Waals surface area contributed by atoms with E-state index in [9.17, 15) is 0 Å². The molecular formula is C14H21N3O2. The summed E-state index contributed by atoms with van der Waals surface area (Å²) in [6.45, 7) is 2.30. The van der Waals surface area contributed by atoms with E-state index < -0.39 is 0 Å². The Balaban J connectivity index is 1.36. The lowest BCUT2D eigenvalue weighted by atomic mass is 9.89. The molecule has 1 aromatic heterocycles. The van der Waals surface area contributed by atoms with Crippen molar-refractivity contribution in [3.63, 3.8) is 0 Å². The summed E-state index contributed by atoms with van der Waals surface area (Å²) in [5, 5.41) is 7.57. The fourth-order valence-electron chi connectivity index (χ4n) is 3.72. The van der Waals surface area contributed by atoms with Crippen LogP contribution in [0.3, 0.4) is 0 Å². The quantitative estimate of drug-likeness (QED) is 0.895. The van der Waals surface area contributed by atoms with Crippen molar-refractivity contribution in [2.24, 2.45) is 5.92 Å². The fourth-order valence-corrected chi connectivity index (χ4v) is 3.72. The van der Waals surface area contributed by atoms with E-state index in [1.54, 1.807) is 0 Å². The minimum Gasteiger partial charge on any atom is -0.374 e. The molecule has 4 atom stereocenters. The molecule has 3 saturated heterocycles. The van der Waals surface area contributed by atoms with E-state index in [0.29, 0.717) is 18.1 Å². The molecule has 5 heteroatoms. The molecule has 3 aliphatic heterocycles. The summed E-state index contributed by atoms with van der Waals surface area (Å²) in [6.07, 6.45) is 7.59. The first-order valence-electron chi connectivity index (χ1n) is 7.57. The molecule has 0 spiro atoms. The highest BCUT2D eigenvalue weighted by molar-refractivity contribution is 5.06. The van der Waals surface area contributed by atoms with Crippen LogP contribution in [0.4, 0.5) is 0 Å². The number of nitrogens with one attached hydrogen (secondary N) is 1. The molecule has 0 aromatic carbocycles. The highest BCUT2D eigenvalue weighted by atomic mass is 16.5. The first-order valence-corrected chi connectivity index (χ1v) is 7.57. The molecule has 1 N–H and O–H groups in total. The van der Waals surface area contributed by atoms with Gasteiger partial charge in [0.2, 0.25) is 5.89 Å². The Morgan fingerprint density at radius 3 is 3.00 bits per heavy atom. The van der Waals surface area contributed by atoms with Crippen molar-refractivity contribution in [1.82, 2.24) is 15.5 Å². The van der Waals surface area contributed by atoms with Crippen molar-refractivity contribution < 1.29 is 9.26 Å². The monoisotopic (exact) mass is 263 g/mol. The standard InChI is InChI=1S/C14H21N3O2/c1(9-5-6-15-8-9)4-13-16-14(17-19-13)11-7-10-2-3-12(11)18-10/h9-12,15H,1-8H2. The molecule has 19 heavy (non-hydrogen) atoms. The van der Waals surface area contributed by atoms with Gasteiger partial charge in [0.1, 0.15) is 0 Å². The van der Waals surface area contributed by atoms with Gasteiger partial charge in [-0.15, -0.1) is 0 Å². The molecule has 0 aliphatic carbocycles. The van der Waals surface area contributed by atoms with Gasteiger partial charge in [-0.2, -0.15) is 4.98 Å². The predicted molar refractivity (Wildman–Crippen MR) is 68.8 cm³/mol. The first kappa shape index (κ1) is 11.9. The summed E-state index contributed by atoms with van der Waals surface area (Å²) in [5.74, 6) is 2.85. The van der Waals surface area contributed by atoms with Crippen LogP contribution in [0.15, 0.2) is 4.52 Å². The minimum atomic E-state index is 0.342. The molecule has 0 saturated carbocycles. The van der Waals surface area contributed by atoms with E-state index >= 15 is 0 Å². The van der Waals surface area contributed by atoms with E-state index in [2.05, 4.69) is 15.5 Å². The van der Waals surface area contributed by atoms with Crippen molar-refractivity contribution in [2.45, 2.75) is 56.7 Å². The van der Waals surface area contributed by atoms with Gasteiger partial charge in [0.15, 0.2) is 5.82 Å². The van der Waals surface area contributed by atoms with Gasteiger partial charge in [0.25, 0.3) is 0 Å². The Labute approximate surface area is 113 Å². The molecule has 3 aliphatic rings. The van der Waals surface area contributed by atoms with Crippen LogP contribution in [0.5, 0.6) is 0 Å². The molecular weight excluding hydrogens is 242 g/mol. The van der Waals surface area contributed by atoms with E-state index in [0.717, 1.165) is 56.4 Å². The smallest absolute Gasteiger partial charge is 0.226 e. The number of rotatable bonds is 4. The molecule has 0 amide bonds. The third kappa shape index (κ3) is 2.30. The number of nitrogens with zero attached hydrogens (tertiary/aromatic N) is 2. The Morgan fingerprint density at radius 1 is 1.26 bits per heavy atom.